The van der Waals surface area contributed by atoms with Crippen LogP contribution in [0.2, 0.25) is 0 Å². The van der Waals surface area contributed by atoms with E-state index in [-0.39, 0.29) is 12.5 Å². The van der Waals surface area contributed by atoms with Crippen LogP contribution in [0.5, 0.6) is 0 Å². The van der Waals surface area contributed by atoms with Crippen molar-refractivity contribution in [3.05, 3.63) is 65.9 Å². The van der Waals surface area contributed by atoms with E-state index in [2.05, 4.69) is 20.3 Å². The molecular weight excluding hydrogens is 472 g/mol. The Morgan fingerprint density at radius 2 is 1.97 bits per heavy atom. The number of amides is 4. The molecule has 4 rings (SSSR count). The van der Waals surface area contributed by atoms with Crippen molar-refractivity contribution < 1.29 is 14.4 Å². The Hall–Kier alpha value is -4.28. The minimum Gasteiger partial charge on any atom is -0.384 e. The second-order valence-electron chi connectivity index (χ2n) is 9.31. The molecule has 0 radical (unpaired) electrons. The number of imide groups is 1. The molecule has 11 heteroatoms. The Kier molecular flexibility index (Phi) is 7.51. The average molecular weight is 505 g/mol. The van der Waals surface area contributed by atoms with Gasteiger partial charge in [0.05, 0.1) is 12.0 Å². The molecule has 1 fully saturated rings. The minimum atomic E-state index is -0.998. The number of anilines is 2. The van der Waals surface area contributed by atoms with E-state index in [1.54, 1.807) is 55.6 Å². The van der Waals surface area contributed by atoms with Gasteiger partial charge in [-0.3, -0.25) is 24.4 Å². The van der Waals surface area contributed by atoms with E-state index >= 15 is 0 Å². The molecule has 1 saturated heterocycles. The molecule has 0 aliphatic carbocycles. The van der Waals surface area contributed by atoms with Crippen LogP contribution >= 0.6 is 0 Å². The van der Waals surface area contributed by atoms with Gasteiger partial charge in [-0.1, -0.05) is 19.4 Å². The van der Waals surface area contributed by atoms with Crippen molar-refractivity contribution >= 4 is 29.6 Å². The Balaban J connectivity index is 1.61. The molecule has 3 N–H and O–H groups in total. The third-order valence-corrected chi connectivity index (χ3v) is 6.62. The predicted octanol–water partition coefficient (Wildman–Crippen LogP) is 2.38. The zero-order valence-electron chi connectivity index (χ0n) is 21.5. The maximum Gasteiger partial charge on any atom is 0.325 e. The highest BCUT2D eigenvalue weighted by Crippen LogP contribution is 2.33. The van der Waals surface area contributed by atoms with Crippen LogP contribution in [-0.4, -0.2) is 55.4 Å². The molecule has 0 spiro atoms. The van der Waals surface area contributed by atoms with E-state index in [1.807, 2.05) is 26.0 Å². The summed E-state index contributed by atoms with van der Waals surface area (Å²) in [6.07, 6.45) is 8.30. The molecule has 0 bridgehead atoms. The molecule has 1 aliphatic heterocycles. The molecule has 0 saturated carbocycles. The van der Waals surface area contributed by atoms with Crippen LogP contribution in [0.15, 0.2) is 49.1 Å². The van der Waals surface area contributed by atoms with E-state index in [0.29, 0.717) is 18.2 Å². The van der Waals surface area contributed by atoms with E-state index < -0.39 is 29.8 Å². The number of hydrogen-bond donors (Lipinski definition) is 2. The number of carbonyl (C=O) groups is 3. The molecule has 3 aromatic rings. The first-order valence-corrected chi connectivity index (χ1v) is 12.2. The third-order valence-electron chi connectivity index (χ3n) is 6.62. The van der Waals surface area contributed by atoms with Gasteiger partial charge in [0.15, 0.2) is 0 Å². The number of nitrogens with one attached hydrogen (secondary N) is 1. The van der Waals surface area contributed by atoms with Crippen LogP contribution in [0, 0.1) is 12.8 Å². The number of likely N-dealkylation sites (N-methyl/N-ethyl adjacent to an activating group) is 1. The first-order valence-electron chi connectivity index (χ1n) is 12.2. The number of hydrogen-bond acceptors (Lipinski definition) is 7. The number of aromatic nitrogens is 4. The Morgan fingerprint density at radius 3 is 2.59 bits per heavy atom. The SMILES string of the molecule is CCC[C@@H](NC(=O)N1C(=O)[C@H](Cc2ccnc(N)c2)[C@H]1C(=O)N(C)c1nccn1C)c1ccc(C)nc1. The second kappa shape index (κ2) is 10.8. The number of nitrogen functional groups attached to an aromatic ring is 1. The summed E-state index contributed by atoms with van der Waals surface area (Å²) in [6.45, 7) is 3.90. The zero-order chi connectivity index (χ0) is 26.7. The first-order chi connectivity index (χ1) is 17.7. The molecule has 3 atom stereocenters. The summed E-state index contributed by atoms with van der Waals surface area (Å²) >= 11 is 0. The molecule has 0 unspecified atom stereocenters. The number of urea groups is 1. The number of pyridine rings is 2. The van der Waals surface area contributed by atoms with Gasteiger partial charge >= 0.3 is 6.03 Å². The Morgan fingerprint density at radius 1 is 1.19 bits per heavy atom. The molecule has 4 amide bonds. The van der Waals surface area contributed by atoms with Crippen LogP contribution in [0.3, 0.4) is 0 Å². The zero-order valence-corrected chi connectivity index (χ0v) is 21.5. The minimum absolute atomic E-state index is 0.250. The van der Waals surface area contributed by atoms with Crippen LogP contribution in [0.1, 0.15) is 42.6 Å². The lowest BCUT2D eigenvalue weighted by molar-refractivity contribution is -0.156. The maximum absolute atomic E-state index is 13.7. The lowest BCUT2D eigenvalue weighted by Crippen LogP contribution is -2.70. The number of nitrogens with zero attached hydrogens (tertiary/aromatic N) is 6. The van der Waals surface area contributed by atoms with Crippen LogP contribution < -0.4 is 16.0 Å². The summed E-state index contributed by atoms with van der Waals surface area (Å²) in [5.41, 5.74) is 8.28. The summed E-state index contributed by atoms with van der Waals surface area (Å²) in [5.74, 6) is -0.822. The van der Waals surface area contributed by atoms with Gasteiger partial charge in [0, 0.05) is 44.6 Å². The summed E-state index contributed by atoms with van der Waals surface area (Å²) < 4.78 is 1.70. The Labute approximate surface area is 215 Å². The maximum atomic E-state index is 13.7. The van der Waals surface area contributed by atoms with Gasteiger partial charge in [0.2, 0.25) is 11.9 Å². The van der Waals surface area contributed by atoms with Crippen LogP contribution in [-0.2, 0) is 23.1 Å². The first kappa shape index (κ1) is 25.8. The largest absolute Gasteiger partial charge is 0.384 e. The smallest absolute Gasteiger partial charge is 0.325 e. The van der Waals surface area contributed by atoms with E-state index in [0.717, 1.165) is 28.1 Å². The third kappa shape index (κ3) is 5.30. The van der Waals surface area contributed by atoms with E-state index in [1.165, 1.54) is 4.90 Å². The fourth-order valence-corrected chi connectivity index (χ4v) is 4.62. The lowest BCUT2D eigenvalue weighted by atomic mass is 9.81. The summed E-state index contributed by atoms with van der Waals surface area (Å²) in [5, 5.41) is 2.95. The molecule has 0 aromatic carbocycles. The van der Waals surface area contributed by atoms with Gasteiger partial charge in [-0.2, -0.15) is 0 Å². The summed E-state index contributed by atoms with van der Waals surface area (Å²) in [4.78, 5) is 55.4. The normalized spacial score (nSPS) is 17.7. The highest BCUT2D eigenvalue weighted by atomic mass is 16.2. The Bertz CT molecular complexity index is 1290. The highest BCUT2D eigenvalue weighted by molar-refractivity contribution is 6.12. The molecular formula is C26H32N8O3. The van der Waals surface area contributed by atoms with Gasteiger partial charge in [-0.25, -0.2) is 14.8 Å². The van der Waals surface area contributed by atoms with Gasteiger partial charge < -0.3 is 15.6 Å². The van der Waals surface area contributed by atoms with Gasteiger partial charge in [-0.05, 0) is 49.1 Å². The fourth-order valence-electron chi connectivity index (χ4n) is 4.62. The molecule has 194 valence electrons. The fraction of sp³-hybridized carbons (Fsp3) is 0.385. The predicted molar refractivity (Wildman–Crippen MR) is 138 cm³/mol. The van der Waals surface area contributed by atoms with Crippen molar-refractivity contribution in [2.45, 2.75) is 45.2 Å². The van der Waals surface area contributed by atoms with Crippen LogP contribution in [0.4, 0.5) is 16.6 Å². The monoisotopic (exact) mass is 504 g/mol. The second-order valence-corrected chi connectivity index (χ2v) is 9.31. The number of rotatable bonds is 8. The number of aryl methyl sites for hydroxylation is 2. The number of nitrogens with two attached hydrogens (primary N) is 1. The lowest BCUT2D eigenvalue weighted by Gasteiger charge is -2.45. The van der Waals surface area contributed by atoms with Crippen molar-refractivity contribution in [3.8, 4) is 0 Å². The summed E-state index contributed by atoms with van der Waals surface area (Å²) in [7, 11) is 3.35. The summed E-state index contributed by atoms with van der Waals surface area (Å²) in [6, 6.07) is 5.25. The van der Waals surface area contributed by atoms with Crippen molar-refractivity contribution in [1.82, 2.24) is 29.7 Å². The van der Waals surface area contributed by atoms with Crippen molar-refractivity contribution in [2.24, 2.45) is 13.0 Å². The molecule has 37 heavy (non-hydrogen) atoms. The number of likely N-dealkylation sites (tertiary alicyclic amines) is 1. The highest BCUT2D eigenvalue weighted by Gasteiger charge is 2.55. The average Bonchev–Trinajstić information content (AvgIpc) is 3.30. The van der Waals surface area contributed by atoms with Gasteiger partial charge in [0.1, 0.15) is 11.9 Å². The van der Waals surface area contributed by atoms with Gasteiger partial charge in [0.25, 0.3) is 5.91 Å². The van der Waals surface area contributed by atoms with E-state index in [4.69, 9.17) is 5.73 Å². The number of imidazole rings is 1. The standard InChI is InChI=1S/C26H32N8O3/c1-5-6-20(18-8-7-16(2)30-15-18)31-26(37)34-22(24(36)33(4)25-29-11-12-32(25)3)19(23(34)35)13-17-9-10-28-21(27)14-17/h7-12,14-15,19-20,22H,5-6,13H2,1-4H3,(H2,27,28)(H,31,37)/t19-,20-,22+/m1/s1. The topological polar surface area (TPSA) is 139 Å². The van der Waals surface area contributed by atoms with E-state index in [9.17, 15) is 14.4 Å². The molecule has 11 nitrogen and oxygen atoms in total. The van der Waals surface area contributed by atoms with Crippen molar-refractivity contribution in [3.63, 3.8) is 0 Å². The number of β-lactam (4-membered cyclic amide) rings is 1. The van der Waals surface area contributed by atoms with Gasteiger partial charge in [-0.15, -0.1) is 0 Å². The molecule has 4 heterocycles. The van der Waals surface area contributed by atoms with Crippen LogP contribution in [0.25, 0.3) is 0 Å². The molecule has 1 aliphatic rings. The quantitative estimate of drug-likeness (QED) is 0.449. The van der Waals surface area contributed by atoms with Crippen molar-refractivity contribution in [1.29, 1.82) is 0 Å². The molecule has 3 aromatic heterocycles. The van der Waals surface area contributed by atoms with Crippen molar-refractivity contribution in [2.75, 3.05) is 17.7 Å². The number of carbonyl (C=O) groups excluding carboxylic acids is 3.